The Bertz CT molecular complexity index is 322. The summed E-state index contributed by atoms with van der Waals surface area (Å²) in [5, 5.41) is 0. The minimum atomic E-state index is 0.309. The van der Waals surface area contributed by atoms with Crippen molar-refractivity contribution in [1.29, 1.82) is 0 Å². The van der Waals surface area contributed by atoms with Crippen molar-refractivity contribution in [2.75, 3.05) is 26.8 Å². The molecule has 0 aliphatic heterocycles. The summed E-state index contributed by atoms with van der Waals surface area (Å²) in [4.78, 5) is 2.26. The molecule has 102 valence electrons. The number of benzene rings is 1. The molecule has 0 radical (unpaired) electrons. The number of rotatable bonds is 8. The number of nitrogens with zero attached hydrogens (tertiary/aromatic N) is 1. The van der Waals surface area contributed by atoms with Gasteiger partial charge in [-0.3, -0.25) is 4.90 Å². The summed E-state index contributed by atoms with van der Waals surface area (Å²) in [7, 11) is 2.11. The highest BCUT2D eigenvalue weighted by atomic mass is 16.5. The molecule has 18 heavy (non-hydrogen) atoms. The standard InChI is InChI=1S/C15H25NO2/c1-5-17-15-8-6-14(7-9-15)12-16(4)10-11-18-13(2)3/h6-9,13H,5,10-12H2,1-4H3. The van der Waals surface area contributed by atoms with E-state index >= 15 is 0 Å². The molecule has 0 fully saturated rings. The zero-order valence-corrected chi connectivity index (χ0v) is 12.0. The monoisotopic (exact) mass is 251 g/mol. The predicted octanol–water partition coefficient (Wildman–Crippen LogP) is 2.94. The van der Waals surface area contributed by atoms with Crippen molar-refractivity contribution in [3.63, 3.8) is 0 Å². The fourth-order valence-electron chi connectivity index (χ4n) is 1.69. The Morgan fingerprint density at radius 1 is 1.17 bits per heavy atom. The average Bonchev–Trinajstić information content (AvgIpc) is 2.31. The molecule has 0 saturated carbocycles. The molecule has 1 rings (SSSR count). The molecule has 3 nitrogen and oxygen atoms in total. The fraction of sp³-hybridized carbons (Fsp3) is 0.600. The lowest BCUT2D eigenvalue weighted by Crippen LogP contribution is -2.23. The molecule has 0 aromatic heterocycles. The molecule has 0 heterocycles. The smallest absolute Gasteiger partial charge is 0.119 e. The van der Waals surface area contributed by atoms with Gasteiger partial charge in [0.25, 0.3) is 0 Å². The Hall–Kier alpha value is -1.06. The van der Waals surface area contributed by atoms with E-state index in [1.54, 1.807) is 0 Å². The first-order chi connectivity index (χ1) is 8.61. The Kier molecular flexibility index (Phi) is 6.76. The van der Waals surface area contributed by atoms with Crippen molar-refractivity contribution in [3.8, 4) is 5.75 Å². The Balaban J connectivity index is 2.32. The van der Waals surface area contributed by atoms with Crippen LogP contribution in [0.5, 0.6) is 5.75 Å². The van der Waals surface area contributed by atoms with E-state index < -0.39 is 0 Å². The summed E-state index contributed by atoms with van der Waals surface area (Å²) in [5.74, 6) is 0.937. The highest BCUT2D eigenvalue weighted by Gasteiger charge is 2.02. The molecular formula is C15H25NO2. The lowest BCUT2D eigenvalue weighted by atomic mass is 10.2. The third kappa shape index (κ3) is 6.03. The second kappa shape index (κ2) is 8.11. The molecule has 0 unspecified atom stereocenters. The van der Waals surface area contributed by atoms with Gasteiger partial charge in [0.1, 0.15) is 5.75 Å². The topological polar surface area (TPSA) is 21.7 Å². The van der Waals surface area contributed by atoms with Crippen molar-refractivity contribution < 1.29 is 9.47 Å². The van der Waals surface area contributed by atoms with E-state index in [0.29, 0.717) is 12.7 Å². The van der Waals surface area contributed by atoms with Crippen LogP contribution in [-0.4, -0.2) is 37.8 Å². The summed E-state index contributed by atoms with van der Waals surface area (Å²) in [6.07, 6.45) is 0.309. The molecule has 3 heteroatoms. The van der Waals surface area contributed by atoms with Gasteiger partial charge in [0.05, 0.1) is 19.3 Å². The van der Waals surface area contributed by atoms with Gasteiger partial charge in [0, 0.05) is 13.1 Å². The second-order valence-electron chi connectivity index (χ2n) is 4.73. The van der Waals surface area contributed by atoms with Gasteiger partial charge in [-0.2, -0.15) is 0 Å². The van der Waals surface area contributed by atoms with Crippen LogP contribution in [-0.2, 0) is 11.3 Å². The quantitative estimate of drug-likeness (QED) is 0.709. The van der Waals surface area contributed by atoms with Crippen LogP contribution in [0.4, 0.5) is 0 Å². The van der Waals surface area contributed by atoms with Crippen LogP contribution < -0.4 is 4.74 Å². The first-order valence-corrected chi connectivity index (χ1v) is 6.63. The molecule has 0 aliphatic carbocycles. The summed E-state index contributed by atoms with van der Waals surface area (Å²) in [6.45, 7) is 9.51. The zero-order valence-electron chi connectivity index (χ0n) is 12.0. The van der Waals surface area contributed by atoms with Crippen molar-refractivity contribution in [2.24, 2.45) is 0 Å². The van der Waals surface area contributed by atoms with Crippen molar-refractivity contribution in [1.82, 2.24) is 4.90 Å². The van der Waals surface area contributed by atoms with E-state index in [1.807, 2.05) is 19.1 Å². The van der Waals surface area contributed by atoms with Crippen LogP contribution in [0.15, 0.2) is 24.3 Å². The maximum atomic E-state index is 5.54. The summed E-state index contributed by atoms with van der Waals surface area (Å²) in [6, 6.07) is 8.28. The first kappa shape index (κ1) is 15.0. The van der Waals surface area contributed by atoms with Gasteiger partial charge in [0.15, 0.2) is 0 Å². The van der Waals surface area contributed by atoms with Crippen LogP contribution in [0.25, 0.3) is 0 Å². The van der Waals surface area contributed by atoms with E-state index in [2.05, 4.69) is 37.9 Å². The summed E-state index contributed by atoms with van der Waals surface area (Å²) < 4.78 is 11.0. The molecule has 0 saturated heterocycles. The summed E-state index contributed by atoms with van der Waals surface area (Å²) in [5.41, 5.74) is 1.30. The Morgan fingerprint density at radius 2 is 1.83 bits per heavy atom. The number of hydrogen-bond acceptors (Lipinski definition) is 3. The lowest BCUT2D eigenvalue weighted by Gasteiger charge is -2.17. The largest absolute Gasteiger partial charge is 0.494 e. The van der Waals surface area contributed by atoms with Gasteiger partial charge in [-0.15, -0.1) is 0 Å². The van der Waals surface area contributed by atoms with Gasteiger partial charge in [-0.25, -0.2) is 0 Å². The third-order valence-electron chi connectivity index (χ3n) is 2.61. The maximum absolute atomic E-state index is 5.54. The van der Waals surface area contributed by atoms with Crippen LogP contribution in [0, 0.1) is 0 Å². The molecule has 0 spiro atoms. The average molecular weight is 251 g/mol. The third-order valence-corrected chi connectivity index (χ3v) is 2.61. The Labute approximate surface area is 111 Å². The molecule has 0 atom stereocenters. The minimum absolute atomic E-state index is 0.309. The fourth-order valence-corrected chi connectivity index (χ4v) is 1.69. The Morgan fingerprint density at radius 3 is 2.39 bits per heavy atom. The molecule has 0 amide bonds. The summed E-state index contributed by atoms with van der Waals surface area (Å²) >= 11 is 0. The van der Waals surface area contributed by atoms with E-state index in [-0.39, 0.29) is 0 Å². The highest BCUT2D eigenvalue weighted by molar-refractivity contribution is 5.27. The maximum Gasteiger partial charge on any atom is 0.119 e. The van der Waals surface area contributed by atoms with Crippen molar-refractivity contribution in [2.45, 2.75) is 33.4 Å². The second-order valence-corrected chi connectivity index (χ2v) is 4.73. The first-order valence-electron chi connectivity index (χ1n) is 6.63. The van der Waals surface area contributed by atoms with Crippen LogP contribution in [0.3, 0.4) is 0 Å². The van der Waals surface area contributed by atoms with Gasteiger partial charge in [0.2, 0.25) is 0 Å². The number of ether oxygens (including phenoxy) is 2. The van der Waals surface area contributed by atoms with Crippen LogP contribution in [0.1, 0.15) is 26.3 Å². The number of likely N-dealkylation sites (N-methyl/N-ethyl adjacent to an activating group) is 1. The molecule has 0 N–H and O–H groups in total. The lowest BCUT2D eigenvalue weighted by molar-refractivity contribution is 0.0627. The zero-order chi connectivity index (χ0) is 13.4. The van der Waals surface area contributed by atoms with Crippen molar-refractivity contribution in [3.05, 3.63) is 29.8 Å². The molecule has 1 aromatic carbocycles. The predicted molar refractivity (Wildman–Crippen MR) is 75.0 cm³/mol. The molecule has 1 aromatic rings. The SMILES string of the molecule is CCOc1ccc(CN(C)CCOC(C)C)cc1. The van der Waals surface area contributed by atoms with Gasteiger partial charge in [-0.05, 0) is 45.5 Å². The van der Waals surface area contributed by atoms with Crippen molar-refractivity contribution >= 4 is 0 Å². The highest BCUT2D eigenvalue weighted by Crippen LogP contribution is 2.13. The van der Waals surface area contributed by atoms with Gasteiger partial charge < -0.3 is 9.47 Å². The molecular weight excluding hydrogens is 226 g/mol. The molecule has 0 bridgehead atoms. The normalized spacial score (nSPS) is 11.2. The van der Waals surface area contributed by atoms with Crippen LogP contribution in [0.2, 0.25) is 0 Å². The number of hydrogen-bond donors (Lipinski definition) is 0. The minimum Gasteiger partial charge on any atom is -0.494 e. The van der Waals surface area contributed by atoms with E-state index in [9.17, 15) is 0 Å². The van der Waals surface area contributed by atoms with Gasteiger partial charge >= 0.3 is 0 Å². The molecule has 0 aliphatic rings. The van der Waals surface area contributed by atoms with E-state index in [1.165, 1.54) is 5.56 Å². The van der Waals surface area contributed by atoms with E-state index in [0.717, 1.165) is 25.4 Å². The van der Waals surface area contributed by atoms with E-state index in [4.69, 9.17) is 9.47 Å². The van der Waals surface area contributed by atoms with Crippen LogP contribution >= 0.6 is 0 Å². The van der Waals surface area contributed by atoms with Gasteiger partial charge in [-0.1, -0.05) is 12.1 Å².